The number of nitrogens with zero attached hydrogens (tertiary/aromatic N) is 1. The lowest BCUT2D eigenvalue weighted by Crippen LogP contribution is -2.47. The fourth-order valence-corrected chi connectivity index (χ4v) is 3.29. The number of rotatable bonds is 3. The summed E-state index contributed by atoms with van der Waals surface area (Å²) < 4.78 is 6.02. The molecule has 2 rings (SSSR count). The predicted molar refractivity (Wildman–Crippen MR) is 69.0 cm³/mol. The van der Waals surface area contributed by atoms with Crippen LogP contribution >= 0.6 is 0 Å². The normalized spacial score (nSPS) is 36.2. The van der Waals surface area contributed by atoms with Crippen LogP contribution in [0.1, 0.15) is 47.0 Å². The van der Waals surface area contributed by atoms with Crippen molar-refractivity contribution < 1.29 is 9.84 Å². The third-order valence-electron chi connectivity index (χ3n) is 4.70. The molecule has 100 valence electrons. The van der Waals surface area contributed by atoms with E-state index in [2.05, 4.69) is 25.8 Å². The molecule has 0 radical (unpaired) electrons. The van der Waals surface area contributed by atoms with Gasteiger partial charge in [0.25, 0.3) is 0 Å². The average Bonchev–Trinajstić information content (AvgIpc) is 2.20. The van der Waals surface area contributed by atoms with E-state index >= 15 is 0 Å². The van der Waals surface area contributed by atoms with E-state index in [-0.39, 0.29) is 17.6 Å². The van der Waals surface area contributed by atoms with Gasteiger partial charge < -0.3 is 14.7 Å². The molecule has 0 spiro atoms. The number of ether oxygens (including phenoxy) is 1. The molecule has 0 bridgehead atoms. The van der Waals surface area contributed by atoms with Gasteiger partial charge in [0.1, 0.15) is 0 Å². The highest BCUT2D eigenvalue weighted by atomic mass is 16.5. The van der Waals surface area contributed by atoms with Gasteiger partial charge in [-0.2, -0.15) is 0 Å². The minimum absolute atomic E-state index is 0.197. The first-order chi connectivity index (χ1) is 7.74. The van der Waals surface area contributed by atoms with Crippen molar-refractivity contribution in [1.29, 1.82) is 0 Å². The second-order valence-electron chi connectivity index (χ2n) is 6.88. The van der Waals surface area contributed by atoms with E-state index in [1.54, 1.807) is 0 Å². The Labute approximate surface area is 105 Å². The number of hydrogen-bond acceptors (Lipinski definition) is 3. The van der Waals surface area contributed by atoms with Crippen molar-refractivity contribution in [2.45, 2.75) is 70.3 Å². The summed E-state index contributed by atoms with van der Waals surface area (Å²) in [4.78, 5) is 2.41. The van der Waals surface area contributed by atoms with Crippen molar-refractivity contribution in [2.24, 2.45) is 5.92 Å². The van der Waals surface area contributed by atoms with Crippen molar-refractivity contribution in [2.75, 3.05) is 13.6 Å². The fraction of sp³-hybridized carbons (Fsp3) is 1.00. The summed E-state index contributed by atoms with van der Waals surface area (Å²) in [6.45, 7) is 9.11. The van der Waals surface area contributed by atoms with Crippen molar-refractivity contribution in [1.82, 2.24) is 4.90 Å². The van der Waals surface area contributed by atoms with Crippen molar-refractivity contribution in [3.63, 3.8) is 0 Å². The maximum absolute atomic E-state index is 10.4. The molecule has 1 aliphatic heterocycles. The zero-order valence-electron chi connectivity index (χ0n) is 11.9. The van der Waals surface area contributed by atoms with E-state index in [0.717, 1.165) is 12.6 Å². The Morgan fingerprint density at radius 3 is 2.12 bits per heavy atom. The molecule has 17 heavy (non-hydrogen) atoms. The Hall–Kier alpha value is -0.120. The van der Waals surface area contributed by atoms with E-state index in [1.807, 2.05) is 13.8 Å². The molecule has 2 atom stereocenters. The highest BCUT2D eigenvalue weighted by Crippen LogP contribution is 2.43. The van der Waals surface area contributed by atoms with Gasteiger partial charge in [-0.1, -0.05) is 6.42 Å². The van der Waals surface area contributed by atoms with E-state index in [4.69, 9.17) is 4.74 Å². The van der Waals surface area contributed by atoms with Gasteiger partial charge in [0.15, 0.2) is 0 Å². The van der Waals surface area contributed by atoms with Gasteiger partial charge in [-0.3, -0.25) is 0 Å². The summed E-state index contributed by atoms with van der Waals surface area (Å²) in [6, 6.07) is 0.724. The largest absolute Gasteiger partial charge is 0.390 e. The van der Waals surface area contributed by atoms with Crippen molar-refractivity contribution >= 4 is 0 Å². The molecule has 1 saturated heterocycles. The smallest absolute Gasteiger partial charge is 0.0896 e. The predicted octanol–water partition coefficient (Wildman–Crippen LogP) is 2.04. The Balaban J connectivity index is 2.03. The summed E-state index contributed by atoms with van der Waals surface area (Å²) in [5, 5.41) is 10.4. The molecule has 0 aromatic carbocycles. The summed E-state index contributed by atoms with van der Waals surface area (Å²) in [5.41, 5.74) is -0.657. The first-order valence-electron chi connectivity index (χ1n) is 6.82. The van der Waals surface area contributed by atoms with Crippen LogP contribution in [0.15, 0.2) is 0 Å². The molecule has 0 amide bonds. The second-order valence-corrected chi connectivity index (χ2v) is 6.88. The highest BCUT2D eigenvalue weighted by molar-refractivity contribution is 5.02. The molecular formula is C14H27NO2. The molecule has 2 aliphatic rings. The van der Waals surface area contributed by atoms with Crippen LogP contribution in [0.5, 0.6) is 0 Å². The van der Waals surface area contributed by atoms with Gasteiger partial charge in [0, 0.05) is 18.5 Å². The zero-order chi connectivity index (χ0) is 12.8. The van der Waals surface area contributed by atoms with Crippen LogP contribution in [0.2, 0.25) is 0 Å². The van der Waals surface area contributed by atoms with E-state index in [0.29, 0.717) is 0 Å². The Kier molecular flexibility index (Phi) is 3.30. The molecule has 0 aromatic heterocycles. The molecule has 0 aromatic rings. The van der Waals surface area contributed by atoms with Gasteiger partial charge >= 0.3 is 0 Å². The Bertz CT molecular complexity index is 284. The summed E-state index contributed by atoms with van der Waals surface area (Å²) >= 11 is 0. The first kappa shape index (κ1) is 13.3. The van der Waals surface area contributed by atoms with Gasteiger partial charge in [-0.15, -0.1) is 0 Å². The zero-order valence-corrected chi connectivity index (χ0v) is 11.9. The average molecular weight is 241 g/mol. The van der Waals surface area contributed by atoms with Crippen molar-refractivity contribution in [3.05, 3.63) is 0 Å². The monoisotopic (exact) mass is 241 g/mol. The van der Waals surface area contributed by atoms with E-state index in [9.17, 15) is 5.11 Å². The minimum Gasteiger partial charge on any atom is -0.390 e. The maximum Gasteiger partial charge on any atom is 0.0896 e. The lowest BCUT2D eigenvalue weighted by Gasteiger charge is -2.39. The minimum atomic E-state index is -0.422. The fourth-order valence-electron chi connectivity index (χ4n) is 3.29. The number of hydrogen-bond donors (Lipinski definition) is 1. The van der Waals surface area contributed by atoms with Crippen molar-refractivity contribution in [3.8, 4) is 0 Å². The standard InChI is InChI=1S/C14H27NO2/c1-13(2)11(12(16)14(3,4)17-13)9-15(5)10-7-6-8-10/h10-12,16H,6-9H2,1-5H3. The Morgan fingerprint density at radius 2 is 1.76 bits per heavy atom. The van der Waals surface area contributed by atoms with Crippen LogP contribution in [-0.4, -0.2) is 46.9 Å². The molecule has 3 nitrogen and oxygen atoms in total. The van der Waals surface area contributed by atoms with Gasteiger partial charge in [-0.05, 0) is 47.6 Å². The second kappa shape index (κ2) is 4.22. The SMILES string of the molecule is CN(CC1C(O)C(C)(C)OC1(C)C)C1CCC1. The molecule has 1 N–H and O–H groups in total. The molecular weight excluding hydrogens is 214 g/mol. The maximum atomic E-state index is 10.4. The molecule has 1 aliphatic carbocycles. The lowest BCUT2D eigenvalue weighted by molar-refractivity contribution is -0.0915. The highest BCUT2D eigenvalue weighted by Gasteiger charge is 2.53. The van der Waals surface area contributed by atoms with Crippen LogP contribution in [0.3, 0.4) is 0 Å². The van der Waals surface area contributed by atoms with Gasteiger partial charge in [-0.25, -0.2) is 0 Å². The third kappa shape index (κ3) is 2.38. The number of aliphatic hydroxyl groups is 1. The summed E-state index contributed by atoms with van der Waals surface area (Å²) in [6.07, 6.45) is 3.60. The number of aliphatic hydroxyl groups excluding tert-OH is 1. The lowest BCUT2D eigenvalue weighted by atomic mass is 9.83. The van der Waals surface area contributed by atoms with Gasteiger partial charge in [0.2, 0.25) is 0 Å². The van der Waals surface area contributed by atoms with Crippen LogP contribution < -0.4 is 0 Å². The molecule has 3 heteroatoms. The summed E-state index contributed by atoms with van der Waals surface area (Å²) in [5.74, 6) is 0.197. The molecule has 1 heterocycles. The van der Waals surface area contributed by atoms with Crippen LogP contribution in [0, 0.1) is 5.92 Å². The molecule has 2 fully saturated rings. The summed E-state index contributed by atoms with van der Waals surface area (Å²) in [7, 11) is 2.18. The van der Waals surface area contributed by atoms with Crippen LogP contribution in [-0.2, 0) is 4.74 Å². The molecule has 2 unspecified atom stereocenters. The third-order valence-corrected chi connectivity index (χ3v) is 4.70. The van der Waals surface area contributed by atoms with E-state index < -0.39 is 5.60 Å². The van der Waals surface area contributed by atoms with E-state index in [1.165, 1.54) is 19.3 Å². The van der Waals surface area contributed by atoms with Gasteiger partial charge in [0.05, 0.1) is 17.3 Å². The van der Waals surface area contributed by atoms with Crippen LogP contribution in [0.4, 0.5) is 0 Å². The van der Waals surface area contributed by atoms with Crippen LogP contribution in [0.25, 0.3) is 0 Å². The molecule has 1 saturated carbocycles. The topological polar surface area (TPSA) is 32.7 Å². The first-order valence-corrected chi connectivity index (χ1v) is 6.82. The quantitative estimate of drug-likeness (QED) is 0.820. The Morgan fingerprint density at radius 1 is 1.18 bits per heavy atom.